The predicted molar refractivity (Wildman–Crippen MR) is 141 cm³/mol. The van der Waals surface area contributed by atoms with Gasteiger partial charge in [-0.1, -0.05) is 54.1 Å². The maximum Gasteiger partial charge on any atom is 0.252 e. The lowest BCUT2D eigenvalue weighted by Crippen LogP contribution is -2.52. The third-order valence-corrected chi connectivity index (χ3v) is 7.60. The van der Waals surface area contributed by atoms with E-state index in [4.69, 9.17) is 17.3 Å². The molecular formula is C26H27ClN4O4S. The second-order valence-corrected chi connectivity index (χ2v) is 11.0. The van der Waals surface area contributed by atoms with Crippen LogP contribution in [0.2, 0.25) is 5.02 Å². The van der Waals surface area contributed by atoms with Gasteiger partial charge in [-0.15, -0.1) is 0 Å². The van der Waals surface area contributed by atoms with Gasteiger partial charge in [0.2, 0.25) is 5.91 Å². The second kappa shape index (κ2) is 10.6. The number of piperazine rings is 1. The van der Waals surface area contributed by atoms with Gasteiger partial charge in [0.15, 0.2) is 9.84 Å². The number of halogens is 1. The average molecular weight is 527 g/mol. The van der Waals surface area contributed by atoms with Crippen molar-refractivity contribution >= 4 is 44.6 Å². The summed E-state index contributed by atoms with van der Waals surface area (Å²) in [6, 6.07) is 19.6. The van der Waals surface area contributed by atoms with Crippen LogP contribution in [0.4, 0.5) is 11.4 Å². The van der Waals surface area contributed by atoms with E-state index in [1.807, 2.05) is 23.1 Å². The number of benzene rings is 3. The Bertz CT molecular complexity index is 1370. The Kier molecular flexibility index (Phi) is 7.51. The molecule has 0 unspecified atom stereocenters. The lowest BCUT2D eigenvalue weighted by Gasteiger charge is -2.38. The van der Waals surface area contributed by atoms with E-state index in [2.05, 4.69) is 5.32 Å². The molecule has 1 aliphatic rings. The van der Waals surface area contributed by atoms with E-state index < -0.39 is 21.8 Å². The zero-order valence-corrected chi connectivity index (χ0v) is 21.3. The van der Waals surface area contributed by atoms with E-state index in [9.17, 15) is 18.0 Å². The Morgan fingerprint density at radius 3 is 2.22 bits per heavy atom. The van der Waals surface area contributed by atoms with Crippen molar-refractivity contribution in [3.63, 3.8) is 0 Å². The van der Waals surface area contributed by atoms with Crippen LogP contribution in [-0.4, -0.2) is 57.6 Å². The zero-order chi connectivity index (χ0) is 25.9. The Morgan fingerprint density at radius 2 is 1.58 bits per heavy atom. The Balaban J connectivity index is 1.52. The number of para-hydroxylation sites is 1. The molecule has 0 aliphatic carbocycles. The summed E-state index contributed by atoms with van der Waals surface area (Å²) in [6.45, 7) is 1.68. The average Bonchev–Trinajstić information content (AvgIpc) is 2.88. The lowest BCUT2D eigenvalue weighted by atomic mass is 10.0. The molecule has 0 saturated carbocycles. The summed E-state index contributed by atoms with van der Waals surface area (Å²) in [7, 11) is -3.39. The van der Waals surface area contributed by atoms with Gasteiger partial charge in [-0.05, 0) is 35.9 Å². The third kappa shape index (κ3) is 5.63. The monoisotopic (exact) mass is 526 g/mol. The summed E-state index contributed by atoms with van der Waals surface area (Å²) in [4.78, 5) is 30.5. The van der Waals surface area contributed by atoms with Crippen LogP contribution in [0.1, 0.15) is 22.0 Å². The Hall–Kier alpha value is -3.56. The summed E-state index contributed by atoms with van der Waals surface area (Å²) in [5.74, 6) is -0.686. The quantitative estimate of drug-likeness (QED) is 0.477. The van der Waals surface area contributed by atoms with Crippen molar-refractivity contribution < 1.29 is 18.0 Å². The molecule has 1 saturated heterocycles. The summed E-state index contributed by atoms with van der Waals surface area (Å²) < 4.78 is 24.5. The van der Waals surface area contributed by atoms with Gasteiger partial charge >= 0.3 is 0 Å². The molecule has 3 aromatic carbocycles. The van der Waals surface area contributed by atoms with E-state index >= 15 is 0 Å². The van der Waals surface area contributed by atoms with Gasteiger partial charge in [0, 0.05) is 38.0 Å². The van der Waals surface area contributed by atoms with Gasteiger partial charge in [-0.3, -0.25) is 9.59 Å². The first kappa shape index (κ1) is 25.5. The molecule has 3 aromatic rings. The summed E-state index contributed by atoms with van der Waals surface area (Å²) in [5.41, 5.74) is 7.70. The molecule has 10 heteroatoms. The molecule has 36 heavy (non-hydrogen) atoms. The number of carbonyl (C=O) groups excluding carboxylic acids is 2. The number of hydrogen-bond donors (Lipinski definition) is 2. The van der Waals surface area contributed by atoms with E-state index in [0.717, 1.165) is 0 Å². The highest BCUT2D eigenvalue weighted by Crippen LogP contribution is 2.27. The van der Waals surface area contributed by atoms with Crippen LogP contribution in [0.25, 0.3) is 0 Å². The minimum absolute atomic E-state index is 0.243. The van der Waals surface area contributed by atoms with Crippen LogP contribution in [0.5, 0.6) is 0 Å². The number of hydrogen-bond acceptors (Lipinski definition) is 6. The standard InChI is InChI=1S/C26H27ClN4O4S/c1-36(34,35)23-10-6-5-9-22(23)30-13-15-31(16-14-30)26(33)24(18-7-3-2-4-8-18)29-25(32)19-11-12-20(27)21(28)17-19/h2-12,17,24H,13-16,28H2,1H3,(H,29,32)/t24-/m1/s1. The summed E-state index contributed by atoms with van der Waals surface area (Å²) >= 11 is 5.97. The third-order valence-electron chi connectivity index (χ3n) is 6.11. The first-order valence-corrected chi connectivity index (χ1v) is 13.7. The SMILES string of the molecule is CS(=O)(=O)c1ccccc1N1CCN(C(=O)[C@H](NC(=O)c2ccc(Cl)c(N)c2)c2ccccc2)CC1. The summed E-state index contributed by atoms with van der Waals surface area (Å²) in [6.07, 6.45) is 1.19. The topological polar surface area (TPSA) is 113 Å². The van der Waals surface area contributed by atoms with Crippen molar-refractivity contribution in [3.05, 3.63) is 88.9 Å². The highest BCUT2D eigenvalue weighted by atomic mass is 35.5. The molecule has 1 heterocycles. The molecule has 1 aliphatic heterocycles. The normalized spacial score (nSPS) is 14.8. The van der Waals surface area contributed by atoms with Crippen LogP contribution < -0.4 is 16.0 Å². The van der Waals surface area contributed by atoms with Gasteiger partial charge in [-0.2, -0.15) is 0 Å². The maximum atomic E-state index is 13.6. The van der Waals surface area contributed by atoms with E-state index in [1.165, 1.54) is 12.3 Å². The number of nitrogens with one attached hydrogen (secondary N) is 1. The first-order chi connectivity index (χ1) is 17.1. The number of nitrogens with two attached hydrogens (primary N) is 1. The lowest BCUT2D eigenvalue weighted by molar-refractivity contribution is -0.133. The smallest absolute Gasteiger partial charge is 0.252 e. The van der Waals surface area contributed by atoms with Crippen molar-refractivity contribution in [2.75, 3.05) is 43.1 Å². The minimum atomic E-state index is -3.39. The number of nitrogens with zero attached hydrogens (tertiary/aromatic N) is 2. The number of rotatable bonds is 6. The molecule has 1 atom stereocenters. The molecular weight excluding hydrogens is 500 g/mol. The molecule has 3 N–H and O–H groups in total. The van der Waals surface area contributed by atoms with Crippen LogP contribution >= 0.6 is 11.6 Å². The predicted octanol–water partition coefficient (Wildman–Crippen LogP) is 3.15. The highest BCUT2D eigenvalue weighted by Gasteiger charge is 2.31. The van der Waals surface area contributed by atoms with E-state index in [1.54, 1.807) is 53.4 Å². The van der Waals surface area contributed by atoms with Crippen LogP contribution in [0.15, 0.2) is 77.7 Å². The number of sulfone groups is 1. The molecule has 0 radical (unpaired) electrons. The number of nitrogen functional groups attached to an aromatic ring is 1. The molecule has 0 aromatic heterocycles. The number of anilines is 2. The fraction of sp³-hybridized carbons (Fsp3) is 0.231. The minimum Gasteiger partial charge on any atom is -0.398 e. The molecule has 188 valence electrons. The second-order valence-electron chi connectivity index (χ2n) is 8.61. The molecule has 4 rings (SSSR count). The van der Waals surface area contributed by atoms with Crippen molar-refractivity contribution in [1.29, 1.82) is 0 Å². The molecule has 0 bridgehead atoms. The fourth-order valence-corrected chi connectivity index (χ4v) is 5.24. The molecule has 1 fully saturated rings. The molecule has 0 spiro atoms. The highest BCUT2D eigenvalue weighted by molar-refractivity contribution is 7.90. The number of amides is 2. The Labute approximate surface area is 215 Å². The Morgan fingerprint density at radius 1 is 0.944 bits per heavy atom. The van der Waals surface area contributed by atoms with Crippen molar-refractivity contribution in [1.82, 2.24) is 10.2 Å². The fourth-order valence-electron chi connectivity index (χ4n) is 4.21. The largest absolute Gasteiger partial charge is 0.398 e. The molecule has 2 amide bonds. The van der Waals surface area contributed by atoms with Crippen molar-refractivity contribution in [2.45, 2.75) is 10.9 Å². The maximum absolute atomic E-state index is 13.6. The van der Waals surface area contributed by atoms with E-state index in [0.29, 0.717) is 48.0 Å². The van der Waals surface area contributed by atoms with Gasteiger partial charge in [0.05, 0.1) is 21.3 Å². The summed E-state index contributed by atoms with van der Waals surface area (Å²) in [5, 5.41) is 3.19. The van der Waals surface area contributed by atoms with Crippen molar-refractivity contribution in [3.8, 4) is 0 Å². The zero-order valence-electron chi connectivity index (χ0n) is 19.7. The van der Waals surface area contributed by atoms with Crippen LogP contribution in [-0.2, 0) is 14.6 Å². The molecule has 8 nitrogen and oxygen atoms in total. The van der Waals surface area contributed by atoms with Gasteiger partial charge in [-0.25, -0.2) is 8.42 Å². The number of carbonyl (C=O) groups is 2. The van der Waals surface area contributed by atoms with Gasteiger partial charge in [0.1, 0.15) is 6.04 Å². The van der Waals surface area contributed by atoms with Crippen LogP contribution in [0, 0.1) is 0 Å². The van der Waals surface area contributed by atoms with Gasteiger partial charge < -0.3 is 20.9 Å². The van der Waals surface area contributed by atoms with E-state index in [-0.39, 0.29) is 16.5 Å². The van der Waals surface area contributed by atoms with Crippen LogP contribution in [0.3, 0.4) is 0 Å². The first-order valence-electron chi connectivity index (χ1n) is 11.4. The van der Waals surface area contributed by atoms with Crippen molar-refractivity contribution in [2.24, 2.45) is 0 Å². The van der Waals surface area contributed by atoms with Gasteiger partial charge in [0.25, 0.3) is 5.91 Å².